The fourth-order valence-corrected chi connectivity index (χ4v) is 3.51. The van der Waals surface area contributed by atoms with Crippen LogP contribution in [0, 0.1) is 0 Å². The van der Waals surface area contributed by atoms with E-state index in [2.05, 4.69) is 17.2 Å². The predicted molar refractivity (Wildman–Crippen MR) is 86.5 cm³/mol. The summed E-state index contributed by atoms with van der Waals surface area (Å²) < 4.78 is 39.5. The van der Waals surface area contributed by atoms with Crippen LogP contribution in [0.1, 0.15) is 51.1 Å². The summed E-state index contributed by atoms with van der Waals surface area (Å²) in [7, 11) is 0. The standard InChI is InChI=1S/C18H21F3N2/c1-2-17(10-6-3-7-11-17)23-15-12-16(18(19,20)21)22-14-9-5-4-8-13(14)15/h4-5,8-9,12H,2-3,6-7,10-11H2,1H3,(H,22,23). The minimum atomic E-state index is -4.44. The lowest BCUT2D eigenvalue weighted by Crippen LogP contribution is -2.39. The molecule has 1 aliphatic carbocycles. The fourth-order valence-electron chi connectivity index (χ4n) is 3.51. The molecule has 0 amide bonds. The van der Waals surface area contributed by atoms with E-state index >= 15 is 0 Å². The van der Waals surface area contributed by atoms with E-state index in [1.807, 2.05) is 12.1 Å². The normalized spacial score (nSPS) is 18.1. The van der Waals surface area contributed by atoms with E-state index in [4.69, 9.17) is 0 Å². The summed E-state index contributed by atoms with van der Waals surface area (Å²) in [6, 6.07) is 8.18. The summed E-state index contributed by atoms with van der Waals surface area (Å²) in [4.78, 5) is 3.78. The van der Waals surface area contributed by atoms with Crippen molar-refractivity contribution in [2.75, 3.05) is 5.32 Å². The number of anilines is 1. The molecular formula is C18H21F3N2. The second kappa shape index (κ2) is 6.02. The van der Waals surface area contributed by atoms with Crippen LogP contribution in [0.15, 0.2) is 30.3 Å². The molecule has 1 aromatic heterocycles. The second-order valence-electron chi connectivity index (χ2n) is 6.39. The Kier molecular flexibility index (Phi) is 4.21. The van der Waals surface area contributed by atoms with Crippen molar-refractivity contribution in [2.45, 2.75) is 57.2 Å². The molecule has 2 nitrogen and oxygen atoms in total. The highest BCUT2D eigenvalue weighted by atomic mass is 19.4. The molecule has 2 aromatic rings. The molecule has 0 atom stereocenters. The maximum atomic E-state index is 13.2. The Bertz CT molecular complexity index is 688. The van der Waals surface area contributed by atoms with Gasteiger partial charge in [-0.1, -0.05) is 44.4 Å². The first-order chi connectivity index (χ1) is 10.9. The SMILES string of the molecule is CCC1(Nc2cc(C(F)(F)F)nc3ccccc23)CCCCC1. The van der Waals surface area contributed by atoms with Gasteiger partial charge in [0.2, 0.25) is 0 Å². The van der Waals surface area contributed by atoms with Crippen LogP contribution in [0.5, 0.6) is 0 Å². The smallest absolute Gasteiger partial charge is 0.379 e. The van der Waals surface area contributed by atoms with Gasteiger partial charge in [-0.3, -0.25) is 0 Å². The van der Waals surface area contributed by atoms with Gasteiger partial charge >= 0.3 is 6.18 Å². The third-order valence-electron chi connectivity index (χ3n) is 4.89. The van der Waals surface area contributed by atoms with Gasteiger partial charge in [-0.25, -0.2) is 4.98 Å². The zero-order valence-corrected chi connectivity index (χ0v) is 13.2. The van der Waals surface area contributed by atoms with E-state index in [0.29, 0.717) is 11.2 Å². The van der Waals surface area contributed by atoms with Crippen molar-refractivity contribution in [1.29, 1.82) is 0 Å². The van der Waals surface area contributed by atoms with Crippen molar-refractivity contribution in [2.24, 2.45) is 0 Å². The van der Waals surface area contributed by atoms with Crippen LogP contribution in [0.4, 0.5) is 18.9 Å². The van der Waals surface area contributed by atoms with Gasteiger partial charge in [-0.2, -0.15) is 13.2 Å². The van der Waals surface area contributed by atoms with E-state index in [1.54, 1.807) is 12.1 Å². The number of fused-ring (bicyclic) bond motifs is 1. The largest absolute Gasteiger partial charge is 0.433 e. The average Bonchev–Trinajstić information content (AvgIpc) is 2.55. The second-order valence-corrected chi connectivity index (χ2v) is 6.39. The zero-order chi connectivity index (χ0) is 16.5. The molecule has 1 aliphatic rings. The lowest BCUT2D eigenvalue weighted by atomic mass is 9.79. The van der Waals surface area contributed by atoms with Gasteiger partial charge in [0.05, 0.1) is 5.52 Å². The van der Waals surface area contributed by atoms with Gasteiger partial charge in [0, 0.05) is 16.6 Å². The molecule has 0 aliphatic heterocycles. The van der Waals surface area contributed by atoms with Gasteiger partial charge in [-0.05, 0) is 31.4 Å². The van der Waals surface area contributed by atoms with Gasteiger partial charge in [-0.15, -0.1) is 0 Å². The minimum absolute atomic E-state index is 0.106. The lowest BCUT2D eigenvalue weighted by molar-refractivity contribution is -0.140. The molecule has 1 N–H and O–H groups in total. The first-order valence-corrected chi connectivity index (χ1v) is 8.19. The minimum Gasteiger partial charge on any atom is -0.379 e. The van der Waals surface area contributed by atoms with Gasteiger partial charge in [0.25, 0.3) is 0 Å². The maximum absolute atomic E-state index is 13.2. The van der Waals surface area contributed by atoms with Crippen molar-refractivity contribution >= 4 is 16.6 Å². The summed E-state index contributed by atoms with van der Waals surface area (Å²) >= 11 is 0. The third kappa shape index (κ3) is 3.28. The van der Waals surface area contributed by atoms with Crippen LogP contribution < -0.4 is 5.32 Å². The molecule has 1 aromatic carbocycles. The Balaban J connectivity index is 2.08. The topological polar surface area (TPSA) is 24.9 Å². The van der Waals surface area contributed by atoms with Crippen LogP contribution in [-0.4, -0.2) is 10.5 Å². The Labute approximate surface area is 134 Å². The molecule has 0 bridgehead atoms. The van der Waals surface area contributed by atoms with Crippen molar-refractivity contribution in [3.8, 4) is 0 Å². The number of benzene rings is 1. The van der Waals surface area contributed by atoms with Gasteiger partial charge < -0.3 is 5.32 Å². The summed E-state index contributed by atoms with van der Waals surface area (Å²) in [6.45, 7) is 2.10. The molecule has 0 spiro atoms. The van der Waals surface area contributed by atoms with Gasteiger partial charge in [0.15, 0.2) is 0 Å². The van der Waals surface area contributed by atoms with Crippen molar-refractivity contribution in [3.05, 3.63) is 36.0 Å². The molecule has 1 fully saturated rings. The van der Waals surface area contributed by atoms with E-state index < -0.39 is 11.9 Å². The fraction of sp³-hybridized carbons (Fsp3) is 0.500. The molecule has 124 valence electrons. The molecule has 1 saturated carbocycles. The van der Waals surface area contributed by atoms with Crippen LogP contribution in [-0.2, 0) is 6.18 Å². The zero-order valence-electron chi connectivity index (χ0n) is 13.2. The highest BCUT2D eigenvalue weighted by Gasteiger charge is 2.35. The number of pyridine rings is 1. The quantitative estimate of drug-likeness (QED) is 0.775. The van der Waals surface area contributed by atoms with E-state index in [-0.39, 0.29) is 5.54 Å². The van der Waals surface area contributed by atoms with Crippen LogP contribution in [0.25, 0.3) is 10.9 Å². The number of para-hydroxylation sites is 1. The molecule has 0 radical (unpaired) electrons. The molecule has 1 heterocycles. The summed E-state index contributed by atoms with van der Waals surface area (Å²) in [5.41, 5.74) is -0.00931. The summed E-state index contributed by atoms with van der Waals surface area (Å²) in [5.74, 6) is 0. The summed E-state index contributed by atoms with van der Waals surface area (Å²) in [6.07, 6.45) is 1.92. The first-order valence-electron chi connectivity index (χ1n) is 8.19. The van der Waals surface area contributed by atoms with Crippen molar-refractivity contribution in [1.82, 2.24) is 4.98 Å². The third-order valence-corrected chi connectivity index (χ3v) is 4.89. The van der Waals surface area contributed by atoms with Crippen molar-refractivity contribution < 1.29 is 13.2 Å². The first kappa shape index (κ1) is 16.1. The average molecular weight is 322 g/mol. The van der Waals surface area contributed by atoms with E-state index in [0.717, 1.165) is 43.6 Å². The molecule has 3 rings (SSSR count). The molecular weight excluding hydrogens is 301 g/mol. The molecule has 0 saturated heterocycles. The number of aromatic nitrogens is 1. The number of hydrogen-bond donors (Lipinski definition) is 1. The highest BCUT2D eigenvalue weighted by molar-refractivity contribution is 5.91. The molecule has 5 heteroatoms. The number of alkyl halides is 3. The Morgan fingerprint density at radius 2 is 1.83 bits per heavy atom. The number of nitrogens with one attached hydrogen (secondary N) is 1. The molecule has 23 heavy (non-hydrogen) atoms. The Morgan fingerprint density at radius 3 is 2.48 bits per heavy atom. The monoisotopic (exact) mass is 322 g/mol. The van der Waals surface area contributed by atoms with E-state index in [9.17, 15) is 13.2 Å². The predicted octanol–water partition coefficient (Wildman–Crippen LogP) is 5.78. The number of nitrogens with zero attached hydrogens (tertiary/aromatic N) is 1. The Morgan fingerprint density at radius 1 is 1.13 bits per heavy atom. The van der Waals surface area contributed by atoms with Crippen LogP contribution in [0.2, 0.25) is 0 Å². The lowest BCUT2D eigenvalue weighted by Gasteiger charge is -2.38. The van der Waals surface area contributed by atoms with Gasteiger partial charge in [0.1, 0.15) is 5.69 Å². The maximum Gasteiger partial charge on any atom is 0.433 e. The van der Waals surface area contributed by atoms with Crippen LogP contribution >= 0.6 is 0 Å². The van der Waals surface area contributed by atoms with E-state index in [1.165, 1.54) is 6.42 Å². The van der Waals surface area contributed by atoms with Crippen molar-refractivity contribution in [3.63, 3.8) is 0 Å². The number of rotatable bonds is 3. The Hall–Kier alpha value is -1.78. The number of halogens is 3. The molecule has 0 unspecified atom stereocenters. The van der Waals surface area contributed by atoms with Crippen LogP contribution in [0.3, 0.4) is 0 Å². The highest BCUT2D eigenvalue weighted by Crippen LogP contribution is 2.38. The number of hydrogen-bond acceptors (Lipinski definition) is 2. The summed E-state index contributed by atoms with van der Waals surface area (Å²) in [5, 5.41) is 4.21.